The van der Waals surface area contributed by atoms with Crippen molar-refractivity contribution in [3.8, 4) is 5.82 Å². The summed E-state index contributed by atoms with van der Waals surface area (Å²) in [5.74, 6) is 1.14. The lowest BCUT2D eigenvalue weighted by atomic mass is 10.1. The molecule has 4 aromatic rings. The van der Waals surface area contributed by atoms with E-state index >= 15 is 0 Å². The number of benzene rings is 2. The fourth-order valence-corrected chi connectivity index (χ4v) is 2.93. The molecule has 150 valence electrons. The minimum atomic E-state index is -0.130. The monoisotopic (exact) mass is 398 g/mol. The highest BCUT2D eigenvalue weighted by Crippen LogP contribution is 2.19. The van der Waals surface area contributed by atoms with Gasteiger partial charge in [0.25, 0.3) is 5.91 Å². The molecule has 1 amide bonds. The molecule has 2 aromatic heterocycles. The molecular formula is C23H22N6O. The fraction of sp³-hybridized carbons (Fsp3) is 0.130. The van der Waals surface area contributed by atoms with Gasteiger partial charge in [-0.25, -0.2) is 4.68 Å². The molecule has 0 bridgehead atoms. The number of rotatable bonds is 5. The number of nitrogens with one attached hydrogen (secondary N) is 2. The molecule has 0 unspecified atom stereocenters. The summed E-state index contributed by atoms with van der Waals surface area (Å²) in [6.07, 6.45) is 1.84. The van der Waals surface area contributed by atoms with E-state index in [0.717, 1.165) is 28.2 Å². The van der Waals surface area contributed by atoms with Crippen molar-refractivity contribution in [2.24, 2.45) is 0 Å². The highest BCUT2D eigenvalue weighted by molar-refractivity contribution is 6.04. The Hall–Kier alpha value is -4.00. The second-order valence-electron chi connectivity index (χ2n) is 7.13. The summed E-state index contributed by atoms with van der Waals surface area (Å²) in [5, 5.41) is 18.8. The standard InChI is InChI=1S/C23H22N6O/c1-15-4-5-18(14-16(15)2)23(30)25-20-8-6-19(7-9-20)24-21-10-11-22(27-26-21)29-13-12-17(3)28-29/h4-14H,1-3H3,(H,24,26)(H,25,30). The highest BCUT2D eigenvalue weighted by Gasteiger charge is 2.08. The molecule has 0 aliphatic heterocycles. The quantitative estimate of drug-likeness (QED) is 0.514. The lowest BCUT2D eigenvalue weighted by Gasteiger charge is -2.09. The molecule has 30 heavy (non-hydrogen) atoms. The third-order valence-corrected chi connectivity index (χ3v) is 4.79. The van der Waals surface area contributed by atoms with Crippen LogP contribution in [0.1, 0.15) is 27.2 Å². The molecule has 0 atom stereocenters. The Kier molecular flexibility index (Phi) is 5.26. The lowest BCUT2D eigenvalue weighted by molar-refractivity contribution is 0.102. The van der Waals surface area contributed by atoms with Crippen molar-refractivity contribution in [2.75, 3.05) is 10.6 Å². The molecule has 0 saturated carbocycles. The van der Waals surface area contributed by atoms with Gasteiger partial charge in [-0.3, -0.25) is 4.79 Å². The third kappa shape index (κ3) is 4.35. The van der Waals surface area contributed by atoms with Crippen molar-refractivity contribution >= 4 is 23.1 Å². The van der Waals surface area contributed by atoms with Crippen LogP contribution < -0.4 is 10.6 Å². The summed E-state index contributed by atoms with van der Waals surface area (Å²) in [6, 6.07) is 18.7. The number of aryl methyl sites for hydroxylation is 3. The number of nitrogens with zero attached hydrogens (tertiary/aromatic N) is 4. The van der Waals surface area contributed by atoms with Crippen LogP contribution in [0.25, 0.3) is 5.82 Å². The van der Waals surface area contributed by atoms with Gasteiger partial charge in [-0.15, -0.1) is 10.2 Å². The first-order chi connectivity index (χ1) is 14.5. The summed E-state index contributed by atoms with van der Waals surface area (Å²) >= 11 is 0. The first kappa shape index (κ1) is 19.3. The van der Waals surface area contributed by atoms with E-state index in [2.05, 4.69) is 25.9 Å². The number of amides is 1. The highest BCUT2D eigenvalue weighted by atomic mass is 16.1. The Morgan fingerprint density at radius 2 is 1.60 bits per heavy atom. The summed E-state index contributed by atoms with van der Waals surface area (Å²) in [7, 11) is 0. The molecule has 2 heterocycles. The SMILES string of the molecule is Cc1ccn(-c2ccc(Nc3ccc(NC(=O)c4ccc(C)c(C)c4)cc3)nn2)n1. The zero-order valence-corrected chi connectivity index (χ0v) is 17.0. The smallest absolute Gasteiger partial charge is 0.255 e. The van der Waals surface area contributed by atoms with Crippen LogP contribution in [0.3, 0.4) is 0 Å². The van der Waals surface area contributed by atoms with Crippen molar-refractivity contribution in [1.82, 2.24) is 20.0 Å². The first-order valence-corrected chi connectivity index (χ1v) is 9.60. The van der Waals surface area contributed by atoms with Crippen molar-refractivity contribution in [1.29, 1.82) is 0 Å². The number of carbonyl (C=O) groups is 1. The summed E-state index contributed by atoms with van der Waals surface area (Å²) in [5.41, 5.74) is 5.39. The average Bonchev–Trinajstić information content (AvgIpc) is 3.18. The Bertz CT molecular complexity index is 1180. The number of hydrogen-bond acceptors (Lipinski definition) is 5. The van der Waals surface area contributed by atoms with Crippen molar-refractivity contribution in [3.63, 3.8) is 0 Å². The van der Waals surface area contributed by atoms with Gasteiger partial charge in [-0.1, -0.05) is 6.07 Å². The van der Waals surface area contributed by atoms with Gasteiger partial charge in [0.2, 0.25) is 0 Å². The zero-order chi connectivity index (χ0) is 21.1. The van der Waals surface area contributed by atoms with Crippen LogP contribution in [0.2, 0.25) is 0 Å². The van der Waals surface area contributed by atoms with E-state index in [0.29, 0.717) is 17.2 Å². The molecule has 0 aliphatic carbocycles. The number of hydrogen-bond donors (Lipinski definition) is 2. The average molecular weight is 398 g/mol. The van der Waals surface area contributed by atoms with Gasteiger partial charge in [-0.05, 0) is 86.5 Å². The maximum absolute atomic E-state index is 12.5. The van der Waals surface area contributed by atoms with E-state index in [1.54, 1.807) is 4.68 Å². The van der Waals surface area contributed by atoms with E-state index in [9.17, 15) is 4.79 Å². The molecule has 4 rings (SSSR count). The van der Waals surface area contributed by atoms with Gasteiger partial charge in [0.05, 0.1) is 5.69 Å². The molecule has 0 fully saturated rings. The molecule has 0 spiro atoms. The van der Waals surface area contributed by atoms with Crippen LogP contribution in [-0.4, -0.2) is 25.9 Å². The van der Waals surface area contributed by atoms with Crippen LogP contribution in [0.5, 0.6) is 0 Å². The molecular weight excluding hydrogens is 376 g/mol. The van der Waals surface area contributed by atoms with E-state index in [1.165, 1.54) is 0 Å². The minimum absolute atomic E-state index is 0.130. The Balaban J connectivity index is 1.39. The van der Waals surface area contributed by atoms with E-state index < -0.39 is 0 Å². The van der Waals surface area contributed by atoms with Crippen molar-refractivity contribution < 1.29 is 4.79 Å². The lowest BCUT2D eigenvalue weighted by Crippen LogP contribution is -2.12. The van der Waals surface area contributed by atoms with E-state index in [1.807, 2.05) is 87.6 Å². The molecule has 2 N–H and O–H groups in total. The van der Waals surface area contributed by atoms with Crippen molar-refractivity contribution in [2.45, 2.75) is 20.8 Å². The minimum Gasteiger partial charge on any atom is -0.339 e. The zero-order valence-electron chi connectivity index (χ0n) is 17.0. The van der Waals surface area contributed by atoms with Gasteiger partial charge in [0, 0.05) is 23.1 Å². The van der Waals surface area contributed by atoms with Gasteiger partial charge in [-0.2, -0.15) is 5.10 Å². The molecule has 7 heteroatoms. The van der Waals surface area contributed by atoms with Gasteiger partial charge in [0.1, 0.15) is 0 Å². The number of carbonyl (C=O) groups excluding carboxylic acids is 1. The second-order valence-corrected chi connectivity index (χ2v) is 7.13. The Morgan fingerprint density at radius 3 is 2.23 bits per heavy atom. The summed E-state index contributed by atoms with van der Waals surface area (Å²) in [6.45, 7) is 5.95. The van der Waals surface area contributed by atoms with E-state index in [4.69, 9.17) is 0 Å². The van der Waals surface area contributed by atoms with Crippen molar-refractivity contribution in [3.05, 3.63) is 89.2 Å². The van der Waals surface area contributed by atoms with Crippen LogP contribution in [0.4, 0.5) is 17.2 Å². The third-order valence-electron chi connectivity index (χ3n) is 4.79. The van der Waals surface area contributed by atoms with Crippen LogP contribution in [0.15, 0.2) is 66.9 Å². The molecule has 0 radical (unpaired) electrons. The van der Waals surface area contributed by atoms with Crippen LogP contribution in [-0.2, 0) is 0 Å². The number of anilines is 3. The van der Waals surface area contributed by atoms with Crippen LogP contribution >= 0.6 is 0 Å². The Labute approximate surface area is 174 Å². The molecule has 7 nitrogen and oxygen atoms in total. The van der Waals surface area contributed by atoms with Gasteiger partial charge < -0.3 is 10.6 Å². The summed E-state index contributed by atoms with van der Waals surface area (Å²) in [4.78, 5) is 12.5. The second kappa shape index (κ2) is 8.16. The Morgan fingerprint density at radius 1 is 0.833 bits per heavy atom. The normalized spacial score (nSPS) is 10.6. The maximum Gasteiger partial charge on any atom is 0.255 e. The van der Waals surface area contributed by atoms with E-state index in [-0.39, 0.29) is 5.91 Å². The largest absolute Gasteiger partial charge is 0.339 e. The van der Waals surface area contributed by atoms with Crippen LogP contribution in [0, 0.1) is 20.8 Å². The van der Waals surface area contributed by atoms with Gasteiger partial charge in [0.15, 0.2) is 11.6 Å². The predicted molar refractivity (Wildman–Crippen MR) is 117 cm³/mol. The summed E-state index contributed by atoms with van der Waals surface area (Å²) < 4.78 is 1.68. The molecule has 0 aliphatic rings. The number of aromatic nitrogens is 4. The molecule has 0 saturated heterocycles. The topological polar surface area (TPSA) is 84.7 Å². The predicted octanol–water partition coefficient (Wildman–Crippen LogP) is 4.58. The first-order valence-electron chi connectivity index (χ1n) is 9.60. The fourth-order valence-electron chi connectivity index (χ4n) is 2.93. The maximum atomic E-state index is 12.5. The van der Waals surface area contributed by atoms with Gasteiger partial charge >= 0.3 is 0 Å². The molecule has 2 aromatic carbocycles.